The Hall–Kier alpha value is -1.72. The topological polar surface area (TPSA) is 51.7 Å². The zero-order valence-corrected chi connectivity index (χ0v) is 14.7. The van der Waals surface area contributed by atoms with Gasteiger partial charge in [-0.2, -0.15) is 0 Å². The van der Waals surface area contributed by atoms with E-state index in [4.69, 9.17) is 9.47 Å². The first-order valence-corrected chi connectivity index (χ1v) is 9.36. The number of likely N-dealkylation sites (tertiary alicyclic amines) is 1. The van der Waals surface area contributed by atoms with Gasteiger partial charge in [-0.15, -0.1) is 0 Å². The molecule has 2 saturated heterocycles. The zero-order chi connectivity index (χ0) is 17.1. The summed E-state index contributed by atoms with van der Waals surface area (Å²) in [5.74, 6) is 0.720. The van der Waals surface area contributed by atoms with Crippen molar-refractivity contribution in [2.45, 2.75) is 44.3 Å². The molecule has 1 spiro atoms. The Balaban J connectivity index is 1.24. The summed E-state index contributed by atoms with van der Waals surface area (Å²) in [6.07, 6.45) is 10.9. The molecule has 0 saturated carbocycles. The van der Waals surface area contributed by atoms with Crippen LogP contribution in [0.25, 0.3) is 0 Å². The second-order valence-electron chi connectivity index (χ2n) is 7.38. The van der Waals surface area contributed by atoms with E-state index in [1.165, 1.54) is 0 Å². The van der Waals surface area contributed by atoms with Crippen LogP contribution in [-0.4, -0.2) is 47.7 Å². The smallest absolute Gasteiger partial charge is 0.249 e. The highest BCUT2D eigenvalue weighted by Gasteiger charge is 2.54. The van der Waals surface area contributed by atoms with Gasteiger partial charge in [0.15, 0.2) is 0 Å². The van der Waals surface area contributed by atoms with E-state index in [0.717, 1.165) is 69.5 Å². The number of amides is 1. The maximum atomic E-state index is 12.5. The minimum absolute atomic E-state index is 0.116. The van der Waals surface area contributed by atoms with Crippen molar-refractivity contribution >= 4 is 5.91 Å². The lowest BCUT2D eigenvalue weighted by molar-refractivity contribution is -0.162. The second-order valence-corrected chi connectivity index (χ2v) is 7.38. The monoisotopic (exact) mass is 342 g/mol. The van der Waals surface area contributed by atoms with Crippen LogP contribution in [0.3, 0.4) is 0 Å². The molecule has 1 unspecified atom stereocenters. The van der Waals surface area contributed by atoms with Crippen molar-refractivity contribution in [3.05, 3.63) is 41.7 Å². The lowest BCUT2D eigenvalue weighted by Gasteiger charge is -2.50. The first-order chi connectivity index (χ1) is 12.3. The van der Waals surface area contributed by atoms with Crippen LogP contribution in [0.2, 0.25) is 0 Å². The third kappa shape index (κ3) is 3.48. The van der Waals surface area contributed by atoms with E-state index < -0.39 is 0 Å². The first kappa shape index (κ1) is 16.7. The summed E-state index contributed by atoms with van der Waals surface area (Å²) in [6, 6.07) is 3.96. The molecule has 1 atom stereocenters. The van der Waals surface area contributed by atoms with Crippen molar-refractivity contribution in [2.24, 2.45) is 5.92 Å². The number of rotatable bonds is 6. The summed E-state index contributed by atoms with van der Waals surface area (Å²) in [5, 5.41) is 0. The van der Waals surface area contributed by atoms with Gasteiger partial charge in [-0.25, -0.2) is 0 Å². The fourth-order valence-corrected chi connectivity index (χ4v) is 4.25. The SMILES string of the molecule is O=C(C1=CCCC1)N1CC2(C1)OCCC2CCOCc1ccncc1. The molecule has 5 nitrogen and oxygen atoms in total. The molecule has 5 heteroatoms. The van der Waals surface area contributed by atoms with Gasteiger partial charge in [-0.3, -0.25) is 9.78 Å². The summed E-state index contributed by atoms with van der Waals surface area (Å²) in [4.78, 5) is 18.4. The van der Waals surface area contributed by atoms with E-state index in [9.17, 15) is 4.79 Å². The van der Waals surface area contributed by atoms with Crippen molar-refractivity contribution in [1.82, 2.24) is 9.88 Å². The Kier molecular flexibility index (Phi) is 4.86. The van der Waals surface area contributed by atoms with Gasteiger partial charge in [-0.05, 0) is 55.7 Å². The van der Waals surface area contributed by atoms with Crippen LogP contribution in [0.4, 0.5) is 0 Å². The molecule has 134 valence electrons. The minimum atomic E-state index is -0.116. The molecule has 3 aliphatic rings. The summed E-state index contributed by atoms with van der Waals surface area (Å²) in [6.45, 7) is 3.66. The maximum absolute atomic E-state index is 12.5. The van der Waals surface area contributed by atoms with Crippen LogP contribution >= 0.6 is 0 Å². The number of nitrogens with zero attached hydrogens (tertiary/aromatic N) is 2. The summed E-state index contributed by atoms with van der Waals surface area (Å²) in [7, 11) is 0. The molecule has 1 aromatic rings. The number of carbonyl (C=O) groups is 1. The van der Waals surface area contributed by atoms with Crippen molar-refractivity contribution < 1.29 is 14.3 Å². The Labute approximate surface area is 149 Å². The van der Waals surface area contributed by atoms with Crippen LogP contribution in [0.15, 0.2) is 36.2 Å². The average Bonchev–Trinajstić information content (AvgIpc) is 3.27. The molecule has 25 heavy (non-hydrogen) atoms. The van der Waals surface area contributed by atoms with E-state index in [1.54, 1.807) is 12.4 Å². The van der Waals surface area contributed by atoms with E-state index in [1.807, 2.05) is 17.0 Å². The Morgan fingerprint density at radius 1 is 1.36 bits per heavy atom. The fourth-order valence-electron chi connectivity index (χ4n) is 4.25. The normalized spacial score (nSPS) is 24.4. The van der Waals surface area contributed by atoms with Gasteiger partial charge in [0.1, 0.15) is 5.60 Å². The molecule has 0 bridgehead atoms. The van der Waals surface area contributed by atoms with E-state index >= 15 is 0 Å². The van der Waals surface area contributed by atoms with Gasteiger partial charge in [0.05, 0.1) is 19.7 Å². The lowest BCUT2D eigenvalue weighted by Crippen LogP contribution is -2.66. The summed E-state index contributed by atoms with van der Waals surface area (Å²) >= 11 is 0. The number of allylic oxidation sites excluding steroid dienone is 1. The van der Waals surface area contributed by atoms with Crippen LogP contribution in [0.1, 0.15) is 37.7 Å². The van der Waals surface area contributed by atoms with Crippen molar-refractivity contribution in [3.8, 4) is 0 Å². The molecule has 1 aromatic heterocycles. The molecular weight excluding hydrogens is 316 g/mol. The Morgan fingerprint density at radius 3 is 2.96 bits per heavy atom. The molecule has 0 N–H and O–H groups in total. The zero-order valence-electron chi connectivity index (χ0n) is 14.7. The highest BCUT2D eigenvalue weighted by Crippen LogP contribution is 2.42. The number of carbonyl (C=O) groups excluding carboxylic acids is 1. The predicted octanol–water partition coefficient (Wildman–Crippen LogP) is 2.72. The van der Waals surface area contributed by atoms with Crippen molar-refractivity contribution in [1.29, 1.82) is 0 Å². The van der Waals surface area contributed by atoms with Crippen LogP contribution in [-0.2, 0) is 20.9 Å². The minimum Gasteiger partial charge on any atom is -0.377 e. The fraction of sp³-hybridized carbons (Fsp3) is 0.600. The maximum Gasteiger partial charge on any atom is 0.249 e. The molecule has 3 heterocycles. The largest absolute Gasteiger partial charge is 0.377 e. The van der Waals surface area contributed by atoms with Crippen molar-refractivity contribution in [2.75, 3.05) is 26.3 Å². The third-order valence-corrected chi connectivity index (χ3v) is 5.75. The molecule has 2 fully saturated rings. The second kappa shape index (κ2) is 7.26. The first-order valence-electron chi connectivity index (χ1n) is 9.36. The van der Waals surface area contributed by atoms with Crippen LogP contribution in [0, 0.1) is 5.92 Å². The van der Waals surface area contributed by atoms with E-state index in [2.05, 4.69) is 11.1 Å². The number of hydrogen-bond acceptors (Lipinski definition) is 4. The highest BCUT2D eigenvalue weighted by molar-refractivity contribution is 5.94. The van der Waals surface area contributed by atoms with Gasteiger partial charge in [0.25, 0.3) is 0 Å². The van der Waals surface area contributed by atoms with Crippen LogP contribution < -0.4 is 0 Å². The predicted molar refractivity (Wildman–Crippen MR) is 93.8 cm³/mol. The van der Waals surface area contributed by atoms with Gasteiger partial charge >= 0.3 is 0 Å². The number of aromatic nitrogens is 1. The summed E-state index contributed by atoms with van der Waals surface area (Å²) < 4.78 is 11.9. The molecule has 4 rings (SSSR count). The number of hydrogen-bond donors (Lipinski definition) is 0. The number of ether oxygens (including phenoxy) is 2. The number of pyridine rings is 1. The molecular formula is C20H26N2O3. The van der Waals surface area contributed by atoms with Gasteiger partial charge in [0, 0.05) is 31.2 Å². The van der Waals surface area contributed by atoms with Crippen LogP contribution in [0.5, 0.6) is 0 Å². The van der Waals surface area contributed by atoms with E-state index in [-0.39, 0.29) is 11.5 Å². The van der Waals surface area contributed by atoms with E-state index in [0.29, 0.717) is 12.5 Å². The van der Waals surface area contributed by atoms with Gasteiger partial charge in [0.2, 0.25) is 5.91 Å². The molecule has 0 aromatic carbocycles. The van der Waals surface area contributed by atoms with Crippen molar-refractivity contribution in [3.63, 3.8) is 0 Å². The summed E-state index contributed by atoms with van der Waals surface area (Å²) in [5.41, 5.74) is 2.04. The lowest BCUT2D eigenvalue weighted by atomic mass is 9.79. The Bertz CT molecular complexity index is 638. The Morgan fingerprint density at radius 2 is 2.20 bits per heavy atom. The highest BCUT2D eigenvalue weighted by atomic mass is 16.5. The van der Waals surface area contributed by atoms with Gasteiger partial charge < -0.3 is 14.4 Å². The quantitative estimate of drug-likeness (QED) is 0.746. The van der Waals surface area contributed by atoms with Gasteiger partial charge in [-0.1, -0.05) is 6.08 Å². The average molecular weight is 342 g/mol. The standard InChI is InChI=1S/C20H26N2O3/c23-19(17-3-1-2-4-17)22-14-20(15-22)18(8-12-25-20)7-11-24-13-16-5-9-21-10-6-16/h3,5-6,9-10,18H,1-2,4,7-8,11-15H2. The third-order valence-electron chi connectivity index (χ3n) is 5.75. The molecule has 1 aliphatic carbocycles. The molecule has 1 amide bonds. The molecule has 0 radical (unpaired) electrons. The molecule has 2 aliphatic heterocycles.